The molecule has 1 spiro atoms. The summed E-state index contributed by atoms with van der Waals surface area (Å²) in [5.41, 5.74) is 1.06. The molecule has 0 N–H and O–H groups in total. The summed E-state index contributed by atoms with van der Waals surface area (Å²) in [5.74, 6) is 0.0398. The Morgan fingerprint density at radius 2 is 1.69 bits per heavy atom. The Morgan fingerprint density at radius 3 is 2.23 bits per heavy atom. The van der Waals surface area contributed by atoms with E-state index in [0.29, 0.717) is 38.6 Å². The molecule has 2 aliphatic rings. The maximum absolute atomic E-state index is 13.3. The van der Waals surface area contributed by atoms with Crippen LogP contribution in [0.5, 0.6) is 0 Å². The lowest BCUT2D eigenvalue weighted by Crippen LogP contribution is -2.47. The van der Waals surface area contributed by atoms with Gasteiger partial charge in [0.1, 0.15) is 5.82 Å². The number of halogens is 1. The molecule has 0 bridgehead atoms. The second-order valence-corrected chi connectivity index (χ2v) is 7.43. The quantitative estimate of drug-likeness (QED) is 0.764. The Labute approximate surface area is 155 Å². The van der Waals surface area contributed by atoms with E-state index in [1.165, 1.54) is 12.1 Å². The molecule has 2 saturated heterocycles. The maximum Gasteiger partial charge on any atom is 0.223 e. The first-order chi connectivity index (χ1) is 12.6. The third-order valence-electron chi connectivity index (χ3n) is 6.00. The van der Waals surface area contributed by atoms with Crippen molar-refractivity contribution in [2.45, 2.75) is 57.7 Å². The van der Waals surface area contributed by atoms with Crippen molar-refractivity contribution < 1.29 is 18.7 Å². The molecule has 0 aromatic heterocycles. The lowest BCUT2D eigenvalue weighted by Gasteiger charge is -2.38. The zero-order chi connectivity index (χ0) is 18.6. The fourth-order valence-corrected chi connectivity index (χ4v) is 4.32. The van der Waals surface area contributed by atoms with Crippen LogP contribution in [0.15, 0.2) is 24.3 Å². The average molecular weight is 363 g/mol. The molecule has 1 atom stereocenters. The van der Waals surface area contributed by atoms with Gasteiger partial charge in [-0.1, -0.05) is 38.8 Å². The number of hydrogen-bond donors (Lipinski definition) is 0. The van der Waals surface area contributed by atoms with Gasteiger partial charge in [-0.25, -0.2) is 4.39 Å². The summed E-state index contributed by atoms with van der Waals surface area (Å²) in [6, 6.07) is 6.65. The second kappa shape index (κ2) is 8.49. The Hall–Kier alpha value is -1.46. The van der Waals surface area contributed by atoms with E-state index in [1.54, 1.807) is 0 Å². The molecule has 1 aromatic carbocycles. The fourth-order valence-electron chi connectivity index (χ4n) is 4.32. The molecule has 0 saturated carbocycles. The fraction of sp³-hybridized carbons (Fsp3) is 0.667. The summed E-state index contributed by atoms with van der Waals surface area (Å²) in [5, 5.41) is 0. The summed E-state index contributed by atoms with van der Waals surface area (Å²) >= 11 is 0. The minimum Gasteiger partial charge on any atom is -0.347 e. The van der Waals surface area contributed by atoms with Crippen molar-refractivity contribution >= 4 is 5.91 Å². The van der Waals surface area contributed by atoms with Gasteiger partial charge in [0.2, 0.25) is 5.91 Å². The molecule has 2 aliphatic heterocycles. The zero-order valence-corrected chi connectivity index (χ0v) is 15.9. The van der Waals surface area contributed by atoms with Crippen LogP contribution in [0.25, 0.3) is 0 Å². The van der Waals surface area contributed by atoms with Gasteiger partial charge in [0.15, 0.2) is 5.79 Å². The summed E-state index contributed by atoms with van der Waals surface area (Å²) in [6.07, 6.45) is 3.98. The van der Waals surface area contributed by atoms with E-state index in [0.717, 1.165) is 31.2 Å². The van der Waals surface area contributed by atoms with Gasteiger partial charge in [0.25, 0.3) is 0 Å². The topological polar surface area (TPSA) is 38.8 Å². The molecule has 144 valence electrons. The number of nitrogens with zero attached hydrogens (tertiary/aromatic N) is 1. The lowest BCUT2D eigenvalue weighted by atomic mass is 9.80. The van der Waals surface area contributed by atoms with Crippen LogP contribution >= 0.6 is 0 Å². The van der Waals surface area contributed by atoms with Gasteiger partial charge in [-0.15, -0.1) is 0 Å². The van der Waals surface area contributed by atoms with Crippen LogP contribution in [-0.2, 0) is 14.3 Å². The Morgan fingerprint density at radius 1 is 1.12 bits per heavy atom. The average Bonchev–Trinajstić information content (AvgIpc) is 3.11. The molecule has 3 rings (SSSR count). The van der Waals surface area contributed by atoms with Crippen molar-refractivity contribution in [3.05, 3.63) is 35.6 Å². The van der Waals surface area contributed by atoms with Crippen LogP contribution in [0.4, 0.5) is 4.39 Å². The third kappa shape index (κ3) is 4.26. The van der Waals surface area contributed by atoms with Crippen LogP contribution in [-0.4, -0.2) is 42.9 Å². The van der Waals surface area contributed by atoms with Gasteiger partial charge in [-0.05, 0) is 29.5 Å². The minimum absolute atomic E-state index is 0.132. The van der Waals surface area contributed by atoms with E-state index in [2.05, 4.69) is 13.8 Å². The highest BCUT2D eigenvalue weighted by atomic mass is 19.1. The van der Waals surface area contributed by atoms with Crippen molar-refractivity contribution in [1.82, 2.24) is 4.90 Å². The normalized spacial score (nSPS) is 20.7. The molecule has 1 amide bonds. The minimum atomic E-state index is -0.456. The number of hydrogen-bond acceptors (Lipinski definition) is 3. The van der Waals surface area contributed by atoms with Crippen molar-refractivity contribution in [2.24, 2.45) is 5.92 Å². The number of likely N-dealkylation sites (tertiary alicyclic amines) is 1. The van der Waals surface area contributed by atoms with Gasteiger partial charge in [0.05, 0.1) is 13.2 Å². The third-order valence-corrected chi connectivity index (χ3v) is 6.00. The van der Waals surface area contributed by atoms with Crippen LogP contribution < -0.4 is 0 Å². The Balaban J connectivity index is 1.66. The summed E-state index contributed by atoms with van der Waals surface area (Å²) in [6.45, 7) is 6.98. The first-order valence-electron chi connectivity index (χ1n) is 9.88. The van der Waals surface area contributed by atoms with Crippen molar-refractivity contribution in [1.29, 1.82) is 0 Å². The zero-order valence-electron chi connectivity index (χ0n) is 15.9. The predicted molar refractivity (Wildman–Crippen MR) is 98.3 cm³/mol. The largest absolute Gasteiger partial charge is 0.347 e. The van der Waals surface area contributed by atoms with E-state index >= 15 is 0 Å². The number of ether oxygens (including phenoxy) is 2. The van der Waals surface area contributed by atoms with Crippen LogP contribution in [0.1, 0.15) is 57.4 Å². The number of amides is 1. The summed E-state index contributed by atoms with van der Waals surface area (Å²) in [7, 11) is 0. The van der Waals surface area contributed by atoms with Gasteiger partial charge in [-0.3, -0.25) is 4.79 Å². The van der Waals surface area contributed by atoms with Crippen molar-refractivity contribution in [2.75, 3.05) is 26.3 Å². The van der Waals surface area contributed by atoms with E-state index in [4.69, 9.17) is 9.47 Å². The van der Waals surface area contributed by atoms with Crippen LogP contribution in [0.3, 0.4) is 0 Å². The Bertz CT molecular complexity index is 584. The predicted octanol–water partition coefficient (Wildman–Crippen LogP) is 4.10. The smallest absolute Gasteiger partial charge is 0.223 e. The SMILES string of the molecule is CCC(CC)C(CC(=O)N1CCC2(CC1)OCCO2)c1ccc(F)cc1. The standard InChI is InChI=1S/C21H30FNO3/c1-3-16(4-2)19(17-5-7-18(22)8-6-17)15-20(24)23-11-9-21(10-12-23)25-13-14-26-21/h5-8,16,19H,3-4,9-15H2,1-2H3. The monoisotopic (exact) mass is 363 g/mol. The first kappa shape index (κ1) is 19.3. The van der Waals surface area contributed by atoms with Gasteiger partial charge in [0, 0.05) is 32.4 Å². The van der Waals surface area contributed by atoms with Gasteiger partial charge in [-0.2, -0.15) is 0 Å². The van der Waals surface area contributed by atoms with Crippen molar-refractivity contribution in [3.8, 4) is 0 Å². The Kier molecular flexibility index (Phi) is 6.30. The number of piperidine rings is 1. The number of rotatable bonds is 6. The molecule has 26 heavy (non-hydrogen) atoms. The van der Waals surface area contributed by atoms with Crippen LogP contribution in [0, 0.1) is 11.7 Å². The molecule has 0 aliphatic carbocycles. The van der Waals surface area contributed by atoms with E-state index in [1.807, 2.05) is 17.0 Å². The molecule has 4 nitrogen and oxygen atoms in total. The van der Waals surface area contributed by atoms with E-state index < -0.39 is 5.79 Å². The lowest BCUT2D eigenvalue weighted by molar-refractivity contribution is -0.187. The molecule has 2 fully saturated rings. The second-order valence-electron chi connectivity index (χ2n) is 7.43. The van der Waals surface area contributed by atoms with Crippen LogP contribution in [0.2, 0.25) is 0 Å². The molecule has 2 heterocycles. The summed E-state index contributed by atoms with van der Waals surface area (Å²) < 4.78 is 24.8. The molecule has 1 unspecified atom stereocenters. The highest BCUT2D eigenvalue weighted by Gasteiger charge is 2.41. The highest BCUT2D eigenvalue weighted by molar-refractivity contribution is 5.77. The molecular weight excluding hydrogens is 333 g/mol. The molecule has 1 aromatic rings. The first-order valence-corrected chi connectivity index (χ1v) is 9.88. The van der Waals surface area contributed by atoms with E-state index in [9.17, 15) is 9.18 Å². The number of carbonyl (C=O) groups is 1. The van der Waals surface area contributed by atoms with Crippen molar-refractivity contribution in [3.63, 3.8) is 0 Å². The number of benzene rings is 1. The maximum atomic E-state index is 13.3. The van der Waals surface area contributed by atoms with Gasteiger partial charge >= 0.3 is 0 Å². The number of carbonyl (C=O) groups excluding carboxylic acids is 1. The summed E-state index contributed by atoms with van der Waals surface area (Å²) in [4.78, 5) is 14.9. The molecule has 5 heteroatoms. The highest BCUT2D eigenvalue weighted by Crippen LogP contribution is 2.35. The van der Waals surface area contributed by atoms with Gasteiger partial charge < -0.3 is 14.4 Å². The van der Waals surface area contributed by atoms with E-state index in [-0.39, 0.29) is 17.6 Å². The molecule has 0 radical (unpaired) electrons. The molecular formula is C21H30FNO3.